The Kier molecular flexibility index (Phi) is 6.26. The molecule has 0 aliphatic heterocycles. The van der Waals surface area contributed by atoms with Gasteiger partial charge in [-0.05, 0) is 18.1 Å². The first-order valence-corrected chi connectivity index (χ1v) is 10.7. The molecule has 5 heteroatoms. The quantitative estimate of drug-likeness (QED) is 0.415. The lowest BCUT2D eigenvalue weighted by Crippen LogP contribution is -2.29. The summed E-state index contributed by atoms with van der Waals surface area (Å²) in [6, 6.07) is 26.8. The molecule has 160 valence electrons. The van der Waals surface area contributed by atoms with Crippen molar-refractivity contribution in [3.8, 4) is 11.3 Å². The van der Waals surface area contributed by atoms with Crippen molar-refractivity contribution >= 4 is 28.4 Å². The Morgan fingerprint density at radius 1 is 0.875 bits per heavy atom. The van der Waals surface area contributed by atoms with Crippen LogP contribution in [0.15, 0.2) is 84.9 Å². The van der Waals surface area contributed by atoms with E-state index in [1.54, 1.807) is 0 Å². The van der Waals surface area contributed by atoms with Crippen LogP contribution in [-0.2, 0) is 4.79 Å². The summed E-state index contributed by atoms with van der Waals surface area (Å²) in [6.45, 7) is 3.47. The normalized spacial score (nSPS) is 11.7. The predicted molar refractivity (Wildman–Crippen MR) is 128 cm³/mol. The van der Waals surface area contributed by atoms with E-state index >= 15 is 0 Å². The number of nitrogens with one attached hydrogen (secondary N) is 2. The van der Waals surface area contributed by atoms with Crippen LogP contribution >= 0.6 is 0 Å². The van der Waals surface area contributed by atoms with E-state index in [0.29, 0.717) is 27.8 Å². The highest BCUT2D eigenvalue weighted by molar-refractivity contribution is 6.15. The van der Waals surface area contributed by atoms with E-state index in [4.69, 9.17) is 4.98 Å². The summed E-state index contributed by atoms with van der Waals surface area (Å²) in [6.07, 6.45) is 0.736. The lowest BCUT2D eigenvalue weighted by Gasteiger charge is -2.21. The van der Waals surface area contributed by atoms with Crippen LogP contribution in [0, 0.1) is 0 Å². The number of carbonyl (C=O) groups excluding carboxylic acids is 2. The number of hydrogen-bond acceptors (Lipinski definition) is 3. The van der Waals surface area contributed by atoms with E-state index in [-0.39, 0.29) is 17.9 Å². The molecule has 1 unspecified atom stereocenters. The summed E-state index contributed by atoms with van der Waals surface area (Å²) in [7, 11) is 0. The van der Waals surface area contributed by atoms with E-state index in [2.05, 4.69) is 10.6 Å². The molecule has 1 atom stereocenters. The third kappa shape index (κ3) is 4.37. The zero-order chi connectivity index (χ0) is 22.5. The van der Waals surface area contributed by atoms with Gasteiger partial charge >= 0.3 is 0 Å². The lowest BCUT2D eigenvalue weighted by molar-refractivity contribution is -0.114. The maximum absolute atomic E-state index is 13.7. The monoisotopic (exact) mass is 423 g/mol. The van der Waals surface area contributed by atoms with E-state index in [9.17, 15) is 9.59 Å². The number of amides is 2. The number of hydrogen-bond donors (Lipinski definition) is 2. The second-order valence-corrected chi connectivity index (χ2v) is 7.62. The van der Waals surface area contributed by atoms with Gasteiger partial charge in [0.15, 0.2) is 0 Å². The molecule has 0 radical (unpaired) electrons. The Morgan fingerprint density at radius 3 is 2.16 bits per heavy atom. The third-order valence-electron chi connectivity index (χ3n) is 5.38. The van der Waals surface area contributed by atoms with Crippen molar-refractivity contribution in [1.82, 2.24) is 10.3 Å². The highest BCUT2D eigenvalue weighted by Gasteiger charge is 2.24. The van der Waals surface area contributed by atoms with Gasteiger partial charge in [-0.1, -0.05) is 85.8 Å². The number of fused-ring (bicyclic) bond motifs is 1. The fourth-order valence-electron chi connectivity index (χ4n) is 3.89. The molecule has 0 saturated heterocycles. The molecule has 2 amide bonds. The molecule has 0 bridgehead atoms. The average molecular weight is 424 g/mol. The van der Waals surface area contributed by atoms with Gasteiger partial charge in [-0.2, -0.15) is 0 Å². The third-order valence-corrected chi connectivity index (χ3v) is 5.38. The number of aromatic nitrogens is 1. The van der Waals surface area contributed by atoms with Crippen LogP contribution in [0.3, 0.4) is 0 Å². The molecule has 0 fully saturated rings. The highest BCUT2D eigenvalue weighted by atomic mass is 16.2. The van der Waals surface area contributed by atoms with E-state index in [1.165, 1.54) is 6.92 Å². The van der Waals surface area contributed by atoms with Crippen molar-refractivity contribution in [3.63, 3.8) is 0 Å². The van der Waals surface area contributed by atoms with Gasteiger partial charge < -0.3 is 10.6 Å². The van der Waals surface area contributed by atoms with Gasteiger partial charge in [-0.3, -0.25) is 9.59 Å². The van der Waals surface area contributed by atoms with Crippen molar-refractivity contribution in [3.05, 3.63) is 96.1 Å². The second kappa shape index (κ2) is 9.43. The topological polar surface area (TPSA) is 71.1 Å². The highest BCUT2D eigenvalue weighted by Crippen LogP contribution is 2.35. The minimum absolute atomic E-state index is 0.152. The van der Waals surface area contributed by atoms with Gasteiger partial charge in [0, 0.05) is 17.9 Å². The zero-order valence-electron chi connectivity index (χ0n) is 18.1. The second-order valence-electron chi connectivity index (χ2n) is 7.62. The summed E-state index contributed by atoms with van der Waals surface area (Å²) in [5.41, 5.74) is 3.95. The van der Waals surface area contributed by atoms with Crippen LogP contribution in [0.4, 0.5) is 5.69 Å². The smallest absolute Gasteiger partial charge is 0.254 e. The largest absolute Gasteiger partial charge is 0.345 e. The Labute approximate surface area is 187 Å². The van der Waals surface area contributed by atoms with E-state index in [0.717, 1.165) is 17.5 Å². The van der Waals surface area contributed by atoms with Gasteiger partial charge in [0.1, 0.15) is 0 Å². The fraction of sp³-hybridized carbons (Fsp3) is 0.148. The number of rotatable bonds is 6. The van der Waals surface area contributed by atoms with Crippen molar-refractivity contribution in [2.45, 2.75) is 26.3 Å². The number of benzene rings is 3. The predicted octanol–water partition coefficient (Wildman–Crippen LogP) is 5.74. The SMILES string of the molecule is CCC(NC(=O)c1c(NC(C)=O)c(-c2ccccc2)nc2ccccc12)c1ccccc1. The Balaban J connectivity index is 1.90. The van der Waals surface area contributed by atoms with E-state index in [1.807, 2.05) is 91.9 Å². The summed E-state index contributed by atoms with van der Waals surface area (Å²) >= 11 is 0. The molecule has 3 aromatic carbocycles. The molecule has 0 saturated carbocycles. The summed E-state index contributed by atoms with van der Waals surface area (Å²) in [4.78, 5) is 30.6. The Hall–Kier alpha value is -3.99. The van der Waals surface area contributed by atoms with Crippen molar-refractivity contribution in [2.75, 3.05) is 5.32 Å². The molecule has 4 aromatic rings. The van der Waals surface area contributed by atoms with Gasteiger partial charge in [-0.25, -0.2) is 4.98 Å². The molecular formula is C27H25N3O2. The molecule has 0 spiro atoms. The van der Waals surface area contributed by atoms with Gasteiger partial charge in [0.05, 0.1) is 28.5 Å². The fourth-order valence-corrected chi connectivity index (χ4v) is 3.89. The van der Waals surface area contributed by atoms with Crippen molar-refractivity contribution in [1.29, 1.82) is 0 Å². The summed E-state index contributed by atoms with van der Waals surface area (Å²) in [5.74, 6) is -0.511. The number of pyridine rings is 1. The molecule has 5 nitrogen and oxygen atoms in total. The zero-order valence-corrected chi connectivity index (χ0v) is 18.1. The molecular weight excluding hydrogens is 398 g/mol. The molecule has 32 heavy (non-hydrogen) atoms. The summed E-state index contributed by atoms with van der Waals surface area (Å²) < 4.78 is 0. The summed E-state index contributed by atoms with van der Waals surface area (Å²) in [5, 5.41) is 6.74. The van der Waals surface area contributed by atoms with Crippen LogP contribution in [0.1, 0.15) is 42.2 Å². The number of anilines is 1. The van der Waals surface area contributed by atoms with Gasteiger partial charge in [0.25, 0.3) is 5.91 Å². The Morgan fingerprint density at radius 2 is 1.50 bits per heavy atom. The van der Waals surface area contributed by atoms with Gasteiger partial charge in [-0.15, -0.1) is 0 Å². The van der Waals surface area contributed by atoms with Crippen LogP contribution < -0.4 is 10.6 Å². The minimum atomic E-state index is -0.261. The molecule has 1 aromatic heterocycles. The van der Waals surface area contributed by atoms with Crippen LogP contribution in [0.5, 0.6) is 0 Å². The van der Waals surface area contributed by atoms with Crippen molar-refractivity contribution in [2.24, 2.45) is 0 Å². The first kappa shape index (κ1) is 21.2. The Bertz CT molecular complexity index is 1250. The number of carbonyl (C=O) groups is 2. The average Bonchev–Trinajstić information content (AvgIpc) is 2.82. The molecule has 2 N–H and O–H groups in total. The van der Waals surface area contributed by atoms with E-state index < -0.39 is 0 Å². The first-order chi connectivity index (χ1) is 15.6. The maximum atomic E-state index is 13.7. The molecule has 1 heterocycles. The lowest BCUT2D eigenvalue weighted by atomic mass is 9.99. The maximum Gasteiger partial charge on any atom is 0.254 e. The number of nitrogens with zero attached hydrogens (tertiary/aromatic N) is 1. The standard InChI is InChI=1S/C27H25N3O2/c1-3-22(19-12-6-4-7-13-19)30-27(32)24-21-16-10-11-17-23(21)29-25(26(24)28-18(2)31)20-14-8-5-9-15-20/h4-17,22H,3H2,1-2H3,(H,28,31)(H,30,32). The van der Waals surface area contributed by atoms with Crippen LogP contribution in [0.2, 0.25) is 0 Å². The van der Waals surface area contributed by atoms with Crippen LogP contribution in [0.25, 0.3) is 22.2 Å². The van der Waals surface area contributed by atoms with Gasteiger partial charge in [0.2, 0.25) is 5.91 Å². The van der Waals surface area contributed by atoms with Crippen LogP contribution in [-0.4, -0.2) is 16.8 Å². The molecule has 0 aliphatic rings. The number of para-hydroxylation sites is 1. The minimum Gasteiger partial charge on any atom is -0.345 e. The first-order valence-electron chi connectivity index (χ1n) is 10.7. The molecule has 4 rings (SSSR count). The molecule has 0 aliphatic carbocycles. The van der Waals surface area contributed by atoms with Crippen molar-refractivity contribution < 1.29 is 9.59 Å².